The molecule has 0 spiro atoms. The van der Waals surface area contributed by atoms with E-state index in [4.69, 9.17) is 0 Å². The van der Waals surface area contributed by atoms with Crippen LogP contribution in [0.5, 0.6) is 0 Å². The minimum atomic E-state index is 0.705. The van der Waals surface area contributed by atoms with Gasteiger partial charge in [0.1, 0.15) is 0 Å². The molecule has 0 aromatic heterocycles. The van der Waals surface area contributed by atoms with Gasteiger partial charge in [0.25, 0.3) is 0 Å². The van der Waals surface area contributed by atoms with Crippen LogP contribution in [0, 0.1) is 5.92 Å². The van der Waals surface area contributed by atoms with Crippen molar-refractivity contribution in [3.8, 4) is 0 Å². The summed E-state index contributed by atoms with van der Waals surface area (Å²) in [6, 6.07) is 7.30. The zero-order valence-electron chi connectivity index (χ0n) is 8.80. The van der Waals surface area contributed by atoms with E-state index in [1.807, 2.05) is 0 Å². The van der Waals surface area contributed by atoms with E-state index in [-0.39, 0.29) is 0 Å². The van der Waals surface area contributed by atoms with Crippen LogP contribution in [0.3, 0.4) is 0 Å². The van der Waals surface area contributed by atoms with Gasteiger partial charge in [-0.2, -0.15) is 0 Å². The van der Waals surface area contributed by atoms with Gasteiger partial charge in [-0.05, 0) is 48.9 Å². The monoisotopic (exact) mass is 265 g/mol. The van der Waals surface area contributed by atoms with Gasteiger partial charge in [0.15, 0.2) is 0 Å². The Kier molecular flexibility index (Phi) is 2.47. The summed E-state index contributed by atoms with van der Waals surface area (Å²) in [5.74, 6) is 0.913. The fraction of sp³-hybridized carbons (Fsp3) is 0.538. The highest BCUT2D eigenvalue weighted by atomic mass is 79.9. The number of nitrogens with one attached hydrogen (secondary N) is 1. The summed E-state index contributed by atoms with van der Waals surface area (Å²) < 4.78 is 1.20. The molecule has 1 aliphatic heterocycles. The van der Waals surface area contributed by atoms with Gasteiger partial charge in [0, 0.05) is 16.2 Å². The van der Waals surface area contributed by atoms with Crippen molar-refractivity contribution in [1.29, 1.82) is 0 Å². The number of hydrogen-bond donors (Lipinski definition) is 1. The third-order valence-corrected chi connectivity index (χ3v) is 4.31. The van der Waals surface area contributed by atoms with Crippen molar-refractivity contribution in [3.05, 3.63) is 28.2 Å². The number of benzene rings is 1. The topological polar surface area (TPSA) is 12.0 Å². The molecule has 1 nitrogen and oxygen atoms in total. The van der Waals surface area contributed by atoms with Crippen molar-refractivity contribution >= 4 is 21.6 Å². The third kappa shape index (κ3) is 1.80. The maximum atomic E-state index is 3.68. The van der Waals surface area contributed by atoms with Gasteiger partial charge in [0.05, 0.1) is 0 Å². The van der Waals surface area contributed by atoms with Crippen molar-refractivity contribution < 1.29 is 0 Å². The fourth-order valence-electron chi connectivity index (χ4n) is 3.00. The highest BCUT2D eigenvalue weighted by molar-refractivity contribution is 9.10. The molecule has 1 fully saturated rings. The molecule has 2 heteroatoms. The van der Waals surface area contributed by atoms with Crippen LogP contribution in [0.1, 0.15) is 31.2 Å². The van der Waals surface area contributed by atoms with Crippen LogP contribution in [-0.2, 0) is 6.42 Å². The molecule has 0 radical (unpaired) electrons. The summed E-state index contributed by atoms with van der Waals surface area (Å²) in [7, 11) is 0. The molecule has 80 valence electrons. The normalized spacial score (nSPS) is 25.3. The lowest BCUT2D eigenvalue weighted by Gasteiger charge is -2.18. The lowest BCUT2D eigenvalue weighted by Crippen LogP contribution is -2.24. The molecular formula is C13H16BrN. The second kappa shape index (κ2) is 3.82. The van der Waals surface area contributed by atoms with Gasteiger partial charge in [0.2, 0.25) is 0 Å². The average Bonchev–Trinajstić information content (AvgIpc) is 2.84. The van der Waals surface area contributed by atoms with E-state index in [2.05, 4.69) is 39.4 Å². The summed E-state index contributed by atoms with van der Waals surface area (Å²) in [5.41, 5.74) is 2.84. The first-order valence-corrected chi connectivity index (χ1v) is 6.67. The molecule has 1 aromatic carbocycles. The number of anilines is 1. The minimum Gasteiger partial charge on any atom is -0.381 e. The van der Waals surface area contributed by atoms with Gasteiger partial charge < -0.3 is 5.32 Å². The summed E-state index contributed by atoms with van der Waals surface area (Å²) >= 11 is 3.54. The zero-order valence-corrected chi connectivity index (χ0v) is 10.4. The van der Waals surface area contributed by atoms with Crippen molar-refractivity contribution in [3.63, 3.8) is 0 Å². The van der Waals surface area contributed by atoms with Gasteiger partial charge >= 0.3 is 0 Å². The second-order valence-electron chi connectivity index (χ2n) is 4.80. The molecule has 3 rings (SSSR count). The molecule has 2 aliphatic rings. The Morgan fingerprint density at radius 2 is 2.00 bits per heavy atom. The number of halogens is 1. The molecule has 1 unspecified atom stereocenters. The number of hydrogen-bond acceptors (Lipinski definition) is 1. The summed E-state index contributed by atoms with van der Waals surface area (Å²) in [6.07, 6.45) is 6.94. The standard InChI is InChI=1S/C13H16BrN/c14-11-5-6-12-10(7-11)8-13(15-12)9-3-1-2-4-9/h5-7,9,13,15H,1-4,8H2. The van der Waals surface area contributed by atoms with Crippen LogP contribution in [-0.4, -0.2) is 6.04 Å². The van der Waals surface area contributed by atoms with E-state index >= 15 is 0 Å². The maximum Gasteiger partial charge on any atom is 0.0376 e. The van der Waals surface area contributed by atoms with Crippen molar-refractivity contribution in [2.45, 2.75) is 38.1 Å². The highest BCUT2D eigenvalue weighted by Gasteiger charge is 2.29. The van der Waals surface area contributed by atoms with E-state index in [0.717, 1.165) is 5.92 Å². The van der Waals surface area contributed by atoms with E-state index < -0.39 is 0 Å². The van der Waals surface area contributed by atoms with Crippen molar-refractivity contribution in [2.24, 2.45) is 5.92 Å². The minimum absolute atomic E-state index is 0.705. The molecule has 1 saturated carbocycles. The van der Waals surface area contributed by atoms with Gasteiger partial charge in [-0.3, -0.25) is 0 Å². The molecule has 1 aromatic rings. The average molecular weight is 266 g/mol. The highest BCUT2D eigenvalue weighted by Crippen LogP contribution is 2.37. The Morgan fingerprint density at radius 1 is 1.20 bits per heavy atom. The van der Waals surface area contributed by atoms with Gasteiger partial charge in [-0.15, -0.1) is 0 Å². The molecule has 1 N–H and O–H groups in total. The van der Waals surface area contributed by atoms with Gasteiger partial charge in [-0.25, -0.2) is 0 Å². The SMILES string of the molecule is Brc1ccc2c(c1)CC(C1CCCC1)N2. The number of fused-ring (bicyclic) bond motifs is 1. The predicted molar refractivity (Wildman–Crippen MR) is 67.2 cm³/mol. The molecule has 0 saturated heterocycles. The van der Waals surface area contributed by atoms with Crippen molar-refractivity contribution in [2.75, 3.05) is 5.32 Å². The Bertz CT molecular complexity index is 369. The number of rotatable bonds is 1. The van der Waals surface area contributed by atoms with Crippen LogP contribution in [0.4, 0.5) is 5.69 Å². The van der Waals surface area contributed by atoms with Crippen LogP contribution in [0.25, 0.3) is 0 Å². The second-order valence-corrected chi connectivity index (χ2v) is 5.72. The smallest absolute Gasteiger partial charge is 0.0376 e. The maximum absolute atomic E-state index is 3.68. The lowest BCUT2D eigenvalue weighted by molar-refractivity contribution is 0.466. The van der Waals surface area contributed by atoms with E-state index in [1.165, 1.54) is 47.8 Å². The summed E-state index contributed by atoms with van der Waals surface area (Å²) in [4.78, 5) is 0. The van der Waals surface area contributed by atoms with E-state index in [9.17, 15) is 0 Å². The van der Waals surface area contributed by atoms with Crippen LogP contribution >= 0.6 is 15.9 Å². The van der Waals surface area contributed by atoms with Crippen LogP contribution in [0.2, 0.25) is 0 Å². The molecule has 1 aliphatic carbocycles. The molecule has 1 atom stereocenters. The van der Waals surface area contributed by atoms with Gasteiger partial charge in [-0.1, -0.05) is 28.8 Å². The first-order chi connectivity index (χ1) is 7.33. The molecule has 1 heterocycles. The van der Waals surface area contributed by atoms with E-state index in [1.54, 1.807) is 0 Å². The first-order valence-electron chi connectivity index (χ1n) is 5.88. The quantitative estimate of drug-likeness (QED) is 0.810. The summed E-state index contributed by atoms with van der Waals surface area (Å²) in [6.45, 7) is 0. The Labute approximate surface area is 99.4 Å². The Hall–Kier alpha value is -0.500. The van der Waals surface area contributed by atoms with Crippen LogP contribution in [0.15, 0.2) is 22.7 Å². The largest absolute Gasteiger partial charge is 0.381 e. The van der Waals surface area contributed by atoms with Crippen LogP contribution < -0.4 is 5.32 Å². The fourth-order valence-corrected chi connectivity index (χ4v) is 3.41. The molecule has 0 bridgehead atoms. The van der Waals surface area contributed by atoms with Crippen molar-refractivity contribution in [1.82, 2.24) is 0 Å². The molecule has 0 amide bonds. The predicted octanol–water partition coefficient (Wildman–Crippen LogP) is 3.98. The summed E-state index contributed by atoms with van der Waals surface area (Å²) in [5, 5.41) is 3.68. The molecular weight excluding hydrogens is 250 g/mol. The Balaban J connectivity index is 1.79. The first kappa shape index (κ1) is 9.71. The van der Waals surface area contributed by atoms with E-state index in [0.29, 0.717) is 6.04 Å². The lowest BCUT2D eigenvalue weighted by atomic mass is 9.95. The third-order valence-electron chi connectivity index (χ3n) is 3.82. The molecule has 15 heavy (non-hydrogen) atoms. The Morgan fingerprint density at radius 3 is 2.80 bits per heavy atom. The zero-order chi connectivity index (χ0) is 10.3.